The minimum absolute atomic E-state index is 0.868. The molecule has 1 heterocycles. The van der Waals surface area contributed by atoms with E-state index in [9.17, 15) is 0 Å². The van der Waals surface area contributed by atoms with E-state index in [1.54, 1.807) is 0 Å². The van der Waals surface area contributed by atoms with Crippen LogP contribution in [0.5, 0.6) is 0 Å². The molecule has 3 heteroatoms. The first-order valence-corrected chi connectivity index (χ1v) is 3.88. The zero-order valence-electron chi connectivity index (χ0n) is 6.84. The van der Waals surface area contributed by atoms with E-state index >= 15 is 0 Å². The average molecular weight is 144 g/mol. The van der Waals surface area contributed by atoms with Gasteiger partial charge in [0, 0.05) is 26.7 Å². The van der Waals surface area contributed by atoms with E-state index in [0.29, 0.717) is 0 Å². The lowest BCUT2D eigenvalue weighted by molar-refractivity contribution is 0.0200. The quantitative estimate of drug-likeness (QED) is 0.522. The molecule has 0 aliphatic carbocycles. The van der Waals surface area contributed by atoms with Crippen LogP contribution in [-0.4, -0.2) is 49.9 Å². The highest BCUT2D eigenvalue weighted by atomic mass is 16.5. The van der Waals surface area contributed by atoms with E-state index < -0.39 is 0 Å². The molecule has 0 aromatic heterocycles. The number of hydrazine groups is 1. The highest BCUT2D eigenvalue weighted by Crippen LogP contribution is 1.98. The molecule has 1 rings (SSSR count). The summed E-state index contributed by atoms with van der Waals surface area (Å²) >= 11 is 0. The molecule has 1 aliphatic rings. The molecule has 0 saturated carbocycles. The van der Waals surface area contributed by atoms with Gasteiger partial charge in [0.05, 0.1) is 13.2 Å². The largest absolute Gasteiger partial charge is 0.379 e. The van der Waals surface area contributed by atoms with Gasteiger partial charge in [-0.05, 0) is 0 Å². The van der Waals surface area contributed by atoms with Crippen molar-refractivity contribution in [1.82, 2.24) is 10.0 Å². The second-order valence-electron chi connectivity index (χ2n) is 2.54. The van der Waals surface area contributed by atoms with Crippen LogP contribution < -0.4 is 0 Å². The van der Waals surface area contributed by atoms with Crippen LogP contribution >= 0.6 is 0 Å². The Kier molecular flexibility index (Phi) is 3.12. The maximum Gasteiger partial charge on any atom is 0.0608 e. The van der Waals surface area contributed by atoms with E-state index in [-0.39, 0.29) is 0 Å². The second-order valence-corrected chi connectivity index (χ2v) is 2.54. The summed E-state index contributed by atoms with van der Waals surface area (Å²) in [6, 6.07) is 0. The Morgan fingerprint density at radius 1 is 1.30 bits per heavy atom. The smallest absolute Gasteiger partial charge is 0.0608 e. The van der Waals surface area contributed by atoms with Gasteiger partial charge in [-0.25, -0.2) is 10.0 Å². The van der Waals surface area contributed by atoms with Gasteiger partial charge in [-0.15, -0.1) is 0 Å². The Bertz CT molecular complexity index is 97.6. The van der Waals surface area contributed by atoms with Gasteiger partial charge >= 0.3 is 0 Å². The number of hydrogen-bond acceptors (Lipinski definition) is 3. The van der Waals surface area contributed by atoms with E-state index in [2.05, 4.69) is 24.0 Å². The molecule has 1 saturated heterocycles. The second kappa shape index (κ2) is 3.91. The number of rotatable bonds is 1. The molecular weight excluding hydrogens is 128 g/mol. The van der Waals surface area contributed by atoms with Crippen molar-refractivity contribution in [3.63, 3.8) is 0 Å². The van der Waals surface area contributed by atoms with Crippen LogP contribution in [0.15, 0.2) is 0 Å². The molecule has 0 atom stereocenters. The molecule has 10 heavy (non-hydrogen) atoms. The van der Waals surface area contributed by atoms with Crippen molar-refractivity contribution in [3.8, 4) is 0 Å². The first-order chi connectivity index (χ1) is 4.84. The summed E-state index contributed by atoms with van der Waals surface area (Å²) in [5.74, 6) is 0. The van der Waals surface area contributed by atoms with Crippen LogP contribution in [-0.2, 0) is 4.74 Å². The Morgan fingerprint density at radius 2 is 2.00 bits per heavy atom. The van der Waals surface area contributed by atoms with E-state index in [0.717, 1.165) is 32.8 Å². The Labute approximate surface area is 62.5 Å². The molecule has 0 amide bonds. The predicted molar refractivity (Wildman–Crippen MR) is 40.7 cm³/mol. The summed E-state index contributed by atoms with van der Waals surface area (Å²) in [5, 5.41) is 4.53. The Hall–Kier alpha value is -0.120. The topological polar surface area (TPSA) is 15.7 Å². The minimum atomic E-state index is 0.868. The number of ether oxygens (including phenoxy) is 1. The standard InChI is InChI=1S/C7H16N2O/c1-3-9-5-7-10-6-4-8(9)2/h3-7H2,1-2H3. The van der Waals surface area contributed by atoms with Crippen molar-refractivity contribution in [2.45, 2.75) is 6.92 Å². The van der Waals surface area contributed by atoms with E-state index in [1.807, 2.05) is 0 Å². The predicted octanol–water partition coefficient (Wildman–Crippen LogP) is 0.185. The summed E-state index contributed by atoms with van der Waals surface area (Å²) in [7, 11) is 2.11. The zero-order chi connectivity index (χ0) is 7.40. The molecule has 60 valence electrons. The molecule has 1 aliphatic heterocycles. The van der Waals surface area contributed by atoms with Gasteiger partial charge in [0.25, 0.3) is 0 Å². The highest BCUT2D eigenvalue weighted by Gasteiger charge is 2.11. The average Bonchev–Trinajstić information content (AvgIpc) is 2.13. The van der Waals surface area contributed by atoms with E-state index in [1.165, 1.54) is 0 Å². The van der Waals surface area contributed by atoms with Crippen LogP contribution in [0.4, 0.5) is 0 Å². The van der Waals surface area contributed by atoms with Gasteiger partial charge in [-0.3, -0.25) is 0 Å². The lowest BCUT2D eigenvalue weighted by atomic mass is 10.6. The van der Waals surface area contributed by atoms with Crippen LogP contribution in [0.25, 0.3) is 0 Å². The van der Waals surface area contributed by atoms with Crippen molar-refractivity contribution in [1.29, 1.82) is 0 Å². The van der Waals surface area contributed by atoms with Gasteiger partial charge in [-0.1, -0.05) is 6.92 Å². The van der Waals surface area contributed by atoms with E-state index in [4.69, 9.17) is 4.74 Å². The van der Waals surface area contributed by atoms with Crippen molar-refractivity contribution in [2.75, 3.05) is 39.9 Å². The highest BCUT2D eigenvalue weighted by molar-refractivity contribution is 4.55. The van der Waals surface area contributed by atoms with Gasteiger partial charge in [0.1, 0.15) is 0 Å². The number of likely N-dealkylation sites (N-methyl/N-ethyl adjacent to an activating group) is 2. The summed E-state index contributed by atoms with van der Waals surface area (Å²) < 4.78 is 5.31. The molecule has 0 aromatic rings. The van der Waals surface area contributed by atoms with Gasteiger partial charge in [-0.2, -0.15) is 0 Å². The SMILES string of the molecule is CCN1CCOCCN1C. The van der Waals surface area contributed by atoms with Crippen molar-refractivity contribution in [2.24, 2.45) is 0 Å². The molecule has 0 N–H and O–H groups in total. The Balaban J connectivity index is 2.35. The maximum absolute atomic E-state index is 5.31. The Morgan fingerprint density at radius 3 is 2.70 bits per heavy atom. The minimum Gasteiger partial charge on any atom is -0.379 e. The molecule has 0 aromatic carbocycles. The van der Waals surface area contributed by atoms with Crippen LogP contribution in [0.2, 0.25) is 0 Å². The van der Waals surface area contributed by atoms with Gasteiger partial charge in [0.15, 0.2) is 0 Å². The maximum atomic E-state index is 5.31. The lowest BCUT2D eigenvalue weighted by Crippen LogP contribution is -2.40. The summed E-state index contributed by atoms with van der Waals surface area (Å²) in [4.78, 5) is 0. The third-order valence-corrected chi connectivity index (χ3v) is 1.90. The fourth-order valence-electron chi connectivity index (χ4n) is 1.18. The third kappa shape index (κ3) is 1.94. The summed E-state index contributed by atoms with van der Waals surface area (Å²) in [6.45, 7) is 7.05. The fraction of sp³-hybridized carbons (Fsp3) is 1.00. The van der Waals surface area contributed by atoms with Gasteiger partial charge in [0.2, 0.25) is 0 Å². The lowest BCUT2D eigenvalue weighted by Gasteiger charge is -2.27. The number of nitrogens with zero attached hydrogens (tertiary/aromatic N) is 2. The summed E-state index contributed by atoms with van der Waals surface area (Å²) in [5.41, 5.74) is 0. The van der Waals surface area contributed by atoms with Gasteiger partial charge < -0.3 is 4.74 Å². The zero-order valence-corrected chi connectivity index (χ0v) is 6.84. The van der Waals surface area contributed by atoms with Crippen LogP contribution in [0, 0.1) is 0 Å². The third-order valence-electron chi connectivity index (χ3n) is 1.90. The van der Waals surface area contributed by atoms with Crippen molar-refractivity contribution < 1.29 is 4.74 Å². The molecule has 1 fully saturated rings. The first kappa shape index (κ1) is 7.98. The van der Waals surface area contributed by atoms with Crippen molar-refractivity contribution >= 4 is 0 Å². The fourth-order valence-corrected chi connectivity index (χ4v) is 1.18. The van der Waals surface area contributed by atoms with Crippen molar-refractivity contribution in [3.05, 3.63) is 0 Å². The monoisotopic (exact) mass is 144 g/mol. The first-order valence-electron chi connectivity index (χ1n) is 3.88. The van der Waals surface area contributed by atoms with Crippen LogP contribution in [0.1, 0.15) is 6.92 Å². The molecule has 0 bridgehead atoms. The normalized spacial score (nSPS) is 24.6. The molecular formula is C7H16N2O. The van der Waals surface area contributed by atoms with Crippen LogP contribution in [0.3, 0.4) is 0 Å². The molecule has 0 unspecified atom stereocenters. The molecule has 0 spiro atoms. The molecule has 0 radical (unpaired) electrons. The molecule has 3 nitrogen and oxygen atoms in total. The summed E-state index contributed by atoms with van der Waals surface area (Å²) in [6.07, 6.45) is 0. The number of hydrogen-bond donors (Lipinski definition) is 0.